The fourth-order valence-corrected chi connectivity index (χ4v) is 4.13. The molecule has 1 aromatic rings. The molecule has 1 amide bonds. The van der Waals surface area contributed by atoms with Gasteiger partial charge in [0.15, 0.2) is 0 Å². The van der Waals surface area contributed by atoms with Crippen molar-refractivity contribution in [3.63, 3.8) is 0 Å². The predicted octanol–water partition coefficient (Wildman–Crippen LogP) is 4.55. The number of nitrogens with zero attached hydrogens (tertiary/aromatic N) is 3. The summed E-state index contributed by atoms with van der Waals surface area (Å²) in [6.45, 7) is 2.91. The van der Waals surface area contributed by atoms with Gasteiger partial charge in [-0.3, -0.25) is 15.2 Å². The van der Waals surface area contributed by atoms with E-state index >= 15 is 0 Å². The van der Waals surface area contributed by atoms with Gasteiger partial charge in [0.05, 0.1) is 24.0 Å². The highest BCUT2D eigenvalue weighted by atomic mass is 35.5. The molecule has 1 aromatic heterocycles. The summed E-state index contributed by atoms with van der Waals surface area (Å²) < 4.78 is 36.9. The van der Waals surface area contributed by atoms with E-state index in [2.05, 4.69) is 15.2 Å². The average molecular weight is 478 g/mol. The third kappa shape index (κ3) is 9.92. The number of alkyl halides is 3. The van der Waals surface area contributed by atoms with Gasteiger partial charge >= 0.3 is 6.18 Å². The number of amides is 1. The SMILES string of the molecule is N=C(Cl)/C(=C\Nc1cccnc1)N(CCN1CCCC1)C(=O)CCSCCC(F)(F)F. The molecule has 1 saturated heterocycles. The number of likely N-dealkylation sites (tertiary alicyclic amines) is 1. The van der Waals surface area contributed by atoms with E-state index < -0.39 is 12.6 Å². The van der Waals surface area contributed by atoms with Gasteiger partial charge in [0.2, 0.25) is 5.91 Å². The van der Waals surface area contributed by atoms with Crippen molar-refractivity contribution >= 4 is 40.1 Å². The molecule has 2 N–H and O–H groups in total. The zero-order chi connectivity index (χ0) is 22.7. The minimum atomic E-state index is -4.19. The normalized spacial score (nSPS) is 15.2. The standard InChI is InChI=1S/C20H27ClF3N5OS/c21-19(25)17(15-27-16-4-3-7-26-14-16)29(11-10-28-8-1-2-9-28)18(30)5-12-31-13-6-20(22,23)24/h3-4,7,14-15,25,27H,1-2,5-6,8-13H2/b17-15+,25-19?. The third-order valence-corrected chi connectivity index (χ3v) is 5.86. The number of hydrogen-bond acceptors (Lipinski definition) is 6. The van der Waals surface area contributed by atoms with Gasteiger partial charge in [0, 0.05) is 43.4 Å². The fraction of sp³-hybridized carbons (Fsp3) is 0.550. The highest BCUT2D eigenvalue weighted by molar-refractivity contribution is 7.99. The lowest BCUT2D eigenvalue weighted by Gasteiger charge is -2.27. The molecule has 0 bridgehead atoms. The van der Waals surface area contributed by atoms with Gasteiger partial charge in [-0.25, -0.2) is 0 Å². The Labute approximate surface area is 189 Å². The van der Waals surface area contributed by atoms with E-state index in [0.29, 0.717) is 18.8 Å². The highest BCUT2D eigenvalue weighted by Crippen LogP contribution is 2.22. The van der Waals surface area contributed by atoms with E-state index in [-0.39, 0.29) is 34.7 Å². The summed E-state index contributed by atoms with van der Waals surface area (Å²) in [4.78, 5) is 20.6. The lowest BCUT2D eigenvalue weighted by atomic mass is 10.3. The number of aromatic nitrogens is 1. The van der Waals surface area contributed by atoms with E-state index in [9.17, 15) is 18.0 Å². The number of anilines is 1. The zero-order valence-corrected chi connectivity index (χ0v) is 18.7. The van der Waals surface area contributed by atoms with Crippen molar-refractivity contribution < 1.29 is 18.0 Å². The summed E-state index contributed by atoms with van der Waals surface area (Å²) in [5, 5.41) is 10.6. The second-order valence-corrected chi connectivity index (χ2v) is 8.65. The van der Waals surface area contributed by atoms with Crippen molar-refractivity contribution in [3.05, 3.63) is 36.4 Å². The largest absolute Gasteiger partial charge is 0.389 e. The molecular weight excluding hydrogens is 451 g/mol. The molecule has 0 saturated carbocycles. The summed E-state index contributed by atoms with van der Waals surface area (Å²) in [7, 11) is 0. The second kappa shape index (κ2) is 12.9. The van der Waals surface area contributed by atoms with E-state index in [1.165, 1.54) is 11.1 Å². The van der Waals surface area contributed by atoms with E-state index in [1.807, 2.05) is 0 Å². The number of pyridine rings is 1. The third-order valence-electron chi connectivity index (χ3n) is 4.68. The summed E-state index contributed by atoms with van der Waals surface area (Å²) in [6.07, 6.45) is 1.93. The van der Waals surface area contributed by atoms with Gasteiger partial charge in [-0.1, -0.05) is 11.6 Å². The first-order chi connectivity index (χ1) is 14.8. The fourth-order valence-electron chi connectivity index (χ4n) is 3.07. The molecule has 0 radical (unpaired) electrons. The van der Waals surface area contributed by atoms with Crippen LogP contribution in [-0.2, 0) is 4.79 Å². The first-order valence-electron chi connectivity index (χ1n) is 10.0. The minimum Gasteiger partial charge on any atom is -0.358 e. The van der Waals surface area contributed by atoms with Crippen molar-refractivity contribution in [1.82, 2.24) is 14.8 Å². The Kier molecular flexibility index (Phi) is 10.6. The van der Waals surface area contributed by atoms with Crippen molar-refractivity contribution in [2.24, 2.45) is 0 Å². The van der Waals surface area contributed by atoms with Crippen LogP contribution >= 0.6 is 23.4 Å². The molecule has 11 heteroatoms. The number of halogens is 4. The Balaban J connectivity index is 2.03. The maximum Gasteiger partial charge on any atom is 0.389 e. The average Bonchev–Trinajstić information content (AvgIpc) is 3.23. The molecule has 1 aliphatic rings. The van der Waals surface area contributed by atoms with Crippen LogP contribution in [-0.4, -0.2) is 69.7 Å². The van der Waals surface area contributed by atoms with Gasteiger partial charge in [0.25, 0.3) is 0 Å². The molecule has 1 fully saturated rings. The Bertz CT molecular complexity index is 742. The number of allylic oxidation sites excluding steroid dienone is 1. The molecule has 0 aromatic carbocycles. The molecule has 1 aliphatic heterocycles. The van der Waals surface area contributed by atoms with Crippen LogP contribution in [0.15, 0.2) is 36.4 Å². The quantitative estimate of drug-likeness (QED) is 0.341. The van der Waals surface area contributed by atoms with Crippen molar-refractivity contribution in [3.8, 4) is 0 Å². The summed E-state index contributed by atoms with van der Waals surface area (Å²) >= 11 is 7.09. The van der Waals surface area contributed by atoms with E-state index in [0.717, 1.165) is 37.7 Å². The van der Waals surface area contributed by atoms with Crippen LogP contribution in [0.5, 0.6) is 0 Å². The zero-order valence-electron chi connectivity index (χ0n) is 17.1. The van der Waals surface area contributed by atoms with E-state index in [1.54, 1.807) is 24.5 Å². The van der Waals surface area contributed by atoms with Gasteiger partial charge in [0.1, 0.15) is 5.17 Å². The maximum atomic E-state index is 12.9. The Hall–Kier alpha value is -1.78. The smallest absolute Gasteiger partial charge is 0.358 e. The molecule has 31 heavy (non-hydrogen) atoms. The summed E-state index contributed by atoms with van der Waals surface area (Å²) in [6, 6.07) is 3.53. The van der Waals surface area contributed by atoms with Crippen LogP contribution in [0.1, 0.15) is 25.7 Å². The molecule has 0 atom stereocenters. The van der Waals surface area contributed by atoms with Crippen LogP contribution in [0.3, 0.4) is 0 Å². The number of nitrogens with one attached hydrogen (secondary N) is 2. The Morgan fingerprint density at radius 3 is 2.71 bits per heavy atom. The second-order valence-electron chi connectivity index (χ2n) is 7.05. The van der Waals surface area contributed by atoms with E-state index in [4.69, 9.17) is 17.0 Å². The summed E-state index contributed by atoms with van der Waals surface area (Å²) in [5.74, 6) is -0.0850. The van der Waals surface area contributed by atoms with Crippen LogP contribution < -0.4 is 5.32 Å². The lowest BCUT2D eigenvalue weighted by Crippen LogP contribution is -2.39. The number of rotatable bonds is 12. The number of hydrogen-bond donors (Lipinski definition) is 2. The molecule has 0 spiro atoms. The van der Waals surface area contributed by atoms with Crippen molar-refractivity contribution in [2.45, 2.75) is 31.9 Å². The molecule has 0 aliphatic carbocycles. The molecule has 2 heterocycles. The molecule has 0 unspecified atom stereocenters. The number of thioether (sulfide) groups is 1. The van der Waals surface area contributed by atoms with Crippen LogP contribution in [0.25, 0.3) is 0 Å². The van der Waals surface area contributed by atoms with Crippen LogP contribution in [0.4, 0.5) is 18.9 Å². The molecule has 172 valence electrons. The Morgan fingerprint density at radius 2 is 2.10 bits per heavy atom. The first-order valence-corrected chi connectivity index (χ1v) is 11.6. The van der Waals surface area contributed by atoms with Gasteiger partial charge in [-0.15, -0.1) is 0 Å². The highest BCUT2D eigenvalue weighted by Gasteiger charge is 2.26. The van der Waals surface area contributed by atoms with Crippen LogP contribution in [0.2, 0.25) is 0 Å². The minimum absolute atomic E-state index is 0.0664. The van der Waals surface area contributed by atoms with Gasteiger partial charge in [-0.2, -0.15) is 24.9 Å². The van der Waals surface area contributed by atoms with Gasteiger partial charge < -0.3 is 15.1 Å². The molecular formula is C20H27ClF3N5OS. The van der Waals surface area contributed by atoms with Crippen LogP contribution in [0, 0.1) is 5.41 Å². The van der Waals surface area contributed by atoms with Gasteiger partial charge in [-0.05, 0) is 38.1 Å². The monoisotopic (exact) mass is 477 g/mol. The topological polar surface area (TPSA) is 72.3 Å². The van der Waals surface area contributed by atoms with Crippen molar-refractivity contribution in [2.75, 3.05) is 43.0 Å². The lowest BCUT2D eigenvalue weighted by molar-refractivity contribution is -0.129. The maximum absolute atomic E-state index is 12.9. The first kappa shape index (κ1) is 25.5. The Morgan fingerprint density at radius 1 is 1.35 bits per heavy atom. The molecule has 2 rings (SSSR count). The predicted molar refractivity (Wildman–Crippen MR) is 120 cm³/mol. The summed E-state index contributed by atoms with van der Waals surface area (Å²) in [5.41, 5.74) is 0.891. The number of carbonyl (C=O) groups excluding carboxylic acids is 1. The van der Waals surface area contributed by atoms with Crippen molar-refractivity contribution in [1.29, 1.82) is 5.41 Å². The molecule has 6 nitrogen and oxygen atoms in total. The number of carbonyl (C=O) groups is 1.